The third kappa shape index (κ3) is 4.93. The van der Waals surface area contributed by atoms with E-state index >= 15 is 0 Å². The maximum absolute atomic E-state index is 12.2. The molecule has 3 rings (SSSR count). The number of hydrogen-bond acceptors (Lipinski definition) is 6. The van der Waals surface area contributed by atoms with E-state index in [2.05, 4.69) is 10.0 Å². The number of rotatable bonds is 8. The van der Waals surface area contributed by atoms with Gasteiger partial charge in [-0.15, -0.1) is 0 Å². The third-order valence-electron chi connectivity index (χ3n) is 4.13. The zero-order valence-electron chi connectivity index (χ0n) is 15.6. The van der Waals surface area contributed by atoms with Crippen molar-refractivity contribution in [3.63, 3.8) is 0 Å². The van der Waals surface area contributed by atoms with Gasteiger partial charge in [-0.05, 0) is 49.7 Å². The van der Waals surface area contributed by atoms with Crippen LogP contribution in [0.2, 0.25) is 0 Å². The monoisotopic (exact) mass is 406 g/mol. The van der Waals surface area contributed by atoms with Crippen LogP contribution in [0.5, 0.6) is 17.2 Å². The van der Waals surface area contributed by atoms with E-state index < -0.39 is 10.0 Å². The quantitative estimate of drug-likeness (QED) is 0.698. The molecule has 1 amide bonds. The van der Waals surface area contributed by atoms with Crippen molar-refractivity contribution >= 4 is 21.6 Å². The summed E-state index contributed by atoms with van der Waals surface area (Å²) in [6.45, 7) is 3.65. The zero-order chi connectivity index (χ0) is 20.1. The Kier molecular flexibility index (Phi) is 6.05. The van der Waals surface area contributed by atoms with E-state index in [4.69, 9.17) is 14.2 Å². The summed E-state index contributed by atoms with van der Waals surface area (Å²) >= 11 is 0. The standard InChI is InChI=1S/C19H22N2O6S/c1-3-13(2)21-28(23,24)16-7-5-15(6-8-16)25-11-19(22)20-14-4-9-17-18(10-14)27-12-26-17/h4-10,13,21H,3,11-12H2,1-2H3,(H,20,22)/t13-/m0/s1. The van der Waals surface area contributed by atoms with Gasteiger partial charge in [-0.25, -0.2) is 13.1 Å². The number of fused-ring (bicyclic) bond motifs is 1. The second kappa shape index (κ2) is 8.49. The summed E-state index contributed by atoms with van der Waals surface area (Å²) in [5.74, 6) is 1.24. The molecule has 8 nitrogen and oxygen atoms in total. The van der Waals surface area contributed by atoms with Gasteiger partial charge in [0.2, 0.25) is 16.8 Å². The molecule has 150 valence electrons. The molecule has 0 saturated carbocycles. The first-order valence-electron chi connectivity index (χ1n) is 8.82. The van der Waals surface area contributed by atoms with Crippen molar-refractivity contribution < 1.29 is 27.4 Å². The molecule has 1 atom stereocenters. The molecule has 2 aromatic carbocycles. The lowest BCUT2D eigenvalue weighted by Gasteiger charge is -2.12. The Labute approximate surface area is 163 Å². The molecular formula is C19H22N2O6S. The number of amides is 1. The van der Waals surface area contributed by atoms with Crippen LogP contribution in [0, 0.1) is 0 Å². The predicted molar refractivity (Wildman–Crippen MR) is 103 cm³/mol. The molecule has 0 aromatic heterocycles. The number of ether oxygens (including phenoxy) is 3. The van der Waals surface area contributed by atoms with E-state index in [1.165, 1.54) is 24.3 Å². The van der Waals surface area contributed by atoms with Crippen LogP contribution in [0.1, 0.15) is 20.3 Å². The smallest absolute Gasteiger partial charge is 0.262 e. The highest BCUT2D eigenvalue weighted by atomic mass is 32.2. The van der Waals surface area contributed by atoms with Crippen molar-refractivity contribution in [3.8, 4) is 17.2 Å². The van der Waals surface area contributed by atoms with Gasteiger partial charge >= 0.3 is 0 Å². The van der Waals surface area contributed by atoms with Gasteiger partial charge in [0.15, 0.2) is 18.1 Å². The lowest BCUT2D eigenvalue weighted by Crippen LogP contribution is -2.31. The highest BCUT2D eigenvalue weighted by Gasteiger charge is 2.17. The van der Waals surface area contributed by atoms with Crippen LogP contribution in [0.15, 0.2) is 47.4 Å². The van der Waals surface area contributed by atoms with Gasteiger partial charge in [0.25, 0.3) is 5.91 Å². The molecule has 0 radical (unpaired) electrons. The van der Waals surface area contributed by atoms with E-state index in [-0.39, 0.29) is 30.2 Å². The van der Waals surface area contributed by atoms with E-state index in [1.807, 2.05) is 6.92 Å². The van der Waals surface area contributed by atoms with Crippen molar-refractivity contribution in [1.82, 2.24) is 4.72 Å². The van der Waals surface area contributed by atoms with Gasteiger partial charge < -0.3 is 19.5 Å². The fourth-order valence-corrected chi connectivity index (χ4v) is 3.78. The largest absolute Gasteiger partial charge is 0.484 e. The van der Waals surface area contributed by atoms with E-state index in [0.717, 1.165) is 0 Å². The summed E-state index contributed by atoms with van der Waals surface area (Å²) in [5.41, 5.74) is 0.565. The summed E-state index contributed by atoms with van der Waals surface area (Å²) in [7, 11) is -3.57. The molecule has 2 aromatic rings. The normalized spacial score (nSPS) is 13.8. The number of hydrogen-bond donors (Lipinski definition) is 2. The first-order chi connectivity index (χ1) is 13.4. The Bertz CT molecular complexity index is 943. The number of anilines is 1. The van der Waals surface area contributed by atoms with Gasteiger partial charge in [-0.1, -0.05) is 6.92 Å². The maximum Gasteiger partial charge on any atom is 0.262 e. The van der Waals surface area contributed by atoms with E-state index in [0.29, 0.717) is 29.4 Å². The van der Waals surface area contributed by atoms with Crippen molar-refractivity contribution in [1.29, 1.82) is 0 Å². The van der Waals surface area contributed by atoms with Crippen LogP contribution < -0.4 is 24.2 Å². The number of carbonyl (C=O) groups excluding carboxylic acids is 1. The van der Waals surface area contributed by atoms with Gasteiger partial charge in [-0.3, -0.25) is 4.79 Å². The topological polar surface area (TPSA) is 103 Å². The van der Waals surface area contributed by atoms with E-state index in [9.17, 15) is 13.2 Å². The molecular weight excluding hydrogens is 384 g/mol. The van der Waals surface area contributed by atoms with Gasteiger partial charge in [0.05, 0.1) is 4.90 Å². The van der Waals surface area contributed by atoms with Crippen LogP contribution in [0.3, 0.4) is 0 Å². The van der Waals surface area contributed by atoms with Gasteiger partial charge in [0, 0.05) is 17.8 Å². The number of sulfonamides is 1. The second-order valence-corrected chi connectivity index (χ2v) is 8.02. The number of benzene rings is 2. The summed E-state index contributed by atoms with van der Waals surface area (Å²) < 4.78 is 42.9. The molecule has 0 saturated heterocycles. The van der Waals surface area contributed by atoms with Crippen molar-refractivity contribution in [2.75, 3.05) is 18.7 Å². The Balaban J connectivity index is 1.54. The molecule has 1 heterocycles. The Morgan fingerprint density at radius 1 is 1.14 bits per heavy atom. The van der Waals surface area contributed by atoms with Crippen LogP contribution in [-0.4, -0.2) is 33.8 Å². The Morgan fingerprint density at radius 2 is 1.86 bits per heavy atom. The molecule has 0 unspecified atom stereocenters. The molecule has 9 heteroatoms. The van der Waals surface area contributed by atoms with Gasteiger partial charge in [-0.2, -0.15) is 0 Å². The first kappa shape index (κ1) is 20.0. The lowest BCUT2D eigenvalue weighted by atomic mass is 10.3. The Morgan fingerprint density at radius 3 is 2.57 bits per heavy atom. The van der Waals surface area contributed by atoms with Crippen molar-refractivity contribution in [2.24, 2.45) is 0 Å². The third-order valence-corrected chi connectivity index (χ3v) is 5.73. The van der Waals surface area contributed by atoms with Crippen LogP contribution in [0.25, 0.3) is 0 Å². The average Bonchev–Trinajstić information content (AvgIpc) is 3.14. The summed E-state index contributed by atoms with van der Waals surface area (Å²) in [6, 6.07) is 10.8. The number of carbonyl (C=O) groups is 1. The molecule has 1 aliphatic heterocycles. The predicted octanol–water partition coefficient (Wildman–Crippen LogP) is 2.51. The molecule has 0 aliphatic carbocycles. The molecule has 2 N–H and O–H groups in total. The van der Waals surface area contributed by atoms with Crippen LogP contribution in [-0.2, 0) is 14.8 Å². The zero-order valence-corrected chi connectivity index (χ0v) is 16.4. The maximum atomic E-state index is 12.2. The summed E-state index contributed by atoms with van der Waals surface area (Å²) in [4.78, 5) is 12.2. The first-order valence-corrected chi connectivity index (χ1v) is 10.3. The summed E-state index contributed by atoms with van der Waals surface area (Å²) in [5, 5.41) is 2.70. The van der Waals surface area contributed by atoms with Gasteiger partial charge in [0.1, 0.15) is 5.75 Å². The molecule has 0 spiro atoms. The van der Waals surface area contributed by atoms with Crippen LogP contribution >= 0.6 is 0 Å². The van der Waals surface area contributed by atoms with Crippen molar-refractivity contribution in [2.45, 2.75) is 31.2 Å². The highest BCUT2D eigenvalue weighted by molar-refractivity contribution is 7.89. The molecule has 28 heavy (non-hydrogen) atoms. The lowest BCUT2D eigenvalue weighted by molar-refractivity contribution is -0.118. The second-order valence-electron chi connectivity index (χ2n) is 6.31. The summed E-state index contributed by atoms with van der Waals surface area (Å²) in [6.07, 6.45) is 0.693. The minimum absolute atomic E-state index is 0.143. The Hall–Kier alpha value is -2.78. The fraction of sp³-hybridized carbons (Fsp3) is 0.316. The minimum Gasteiger partial charge on any atom is -0.484 e. The molecule has 1 aliphatic rings. The van der Waals surface area contributed by atoms with E-state index in [1.54, 1.807) is 25.1 Å². The number of nitrogens with one attached hydrogen (secondary N) is 2. The minimum atomic E-state index is -3.57. The van der Waals surface area contributed by atoms with Crippen molar-refractivity contribution in [3.05, 3.63) is 42.5 Å². The highest BCUT2D eigenvalue weighted by Crippen LogP contribution is 2.34. The molecule has 0 bridgehead atoms. The average molecular weight is 406 g/mol. The molecule has 0 fully saturated rings. The SMILES string of the molecule is CC[C@H](C)NS(=O)(=O)c1ccc(OCC(=O)Nc2ccc3c(c2)OCO3)cc1. The fourth-order valence-electron chi connectivity index (χ4n) is 2.45. The van der Waals surface area contributed by atoms with Crippen LogP contribution in [0.4, 0.5) is 5.69 Å².